The van der Waals surface area contributed by atoms with Crippen LogP contribution in [0.2, 0.25) is 0 Å². The quantitative estimate of drug-likeness (QED) is 0.780. The molecule has 0 fully saturated rings. The van der Waals surface area contributed by atoms with Gasteiger partial charge in [0, 0.05) is 18.9 Å². The molecule has 0 unspecified atom stereocenters. The molecule has 0 spiro atoms. The monoisotopic (exact) mass is 193 g/mol. The van der Waals surface area contributed by atoms with E-state index in [-0.39, 0.29) is 0 Å². The Morgan fingerprint density at radius 1 is 1.29 bits per heavy atom. The molecule has 1 N–H and O–H groups in total. The topological polar surface area (TPSA) is 37.8 Å². The minimum Gasteiger partial charge on any atom is -0.369 e. The molecular weight excluding hydrogens is 174 g/mol. The van der Waals surface area contributed by atoms with E-state index in [9.17, 15) is 0 Å². The van der Waals surface area contributed by atoms with E-state index >= 15 is 0 Å². The van der Waals surface area contributed by atoms with E-state index in [1.807, 2.05) is 0 Å². The summed E-state index contributed by atoms with van der Waals surface area (Å²) in [4.78, 5) is 8.64. The summed E-state index contributed by atoms with van der Waals surface area (Å²) in [6.45, 7) is 7.49. The molecule has 0 aliphatic heterocycles. The van der Waals surface area contributed by atoms with Crippen LogP contribution in [0, 0.1) is 5.92 Å². The highest BCUT2D eigenvalue weighted by atomic mass is 15.0. The van der Waals surface area contributed by atoms with E-state index in [0.717, 1.165) is 30.9 Å². The number of nitrogens with one attached hydrogen (secondary N) is 1. The van der Waals surface area contributed by atoms with Gasteiger partial charge in [-0.3, -0.25) is 4.98 Å². The van der Waals surface area contributed by atoms with Gasteiger partial charge in [-0.15, -0.1) is 0 Å². The fourth-order valence-corrected chi connectivity index (χ4v) is 1.29. The first-order valence-corrected chi connectivity index (χ1v) is 5.27. The van der Waals surface area contributed by atoms with Crippen molar-refractivity contribution in [3.05, 3.63) is 18.1 Å². The minimum atomic E-state index is 0.619. The smallest absolute Gasteiger partial charge is 0.147 e. The van der Waals surface area contributed by atoms with Crippen LogP contribution < -0.4 is 5.32 Å². The summed E-state index contributed by atoms with van der Waals surface area (Å²) in [5.74, 6) is 1.57. The molecule has 0 aliphatic carbocycles. The molecule has 3 heteroatoms. The average molecular weight is 193 g/mol. The molecule has 0 aromatic carbocycles. The van der Waals surface area contributed by atoms with Gasteiger partial charge in [0.05, 0.1) is 5.69 Å². The molecule has 0 saturated heterocycles. The molecule has 0 bridgehead atoms. The molecular formula is C11H19N3. The summed E-state index contributed by atoms with van der Waals surface area (Å²) in [5.41, 5.74) is 1.08. The lowest BCUT2D eigenvalue weighted by Crippen LogP contribution is -2.08. The Morgan fingerprint density at radius 3 is 2.64 bits per heavy atom. The zero-order valence-corrected chi connectivity index (χ0v) is 9.25. The van der Waals surface area contributed by atoms with Crippen molar-refractivity contribution in [2.75, 3.05) is 11.9 Å². The first-order chi connectivity index (χ1) is 6.74. The summed E-state index contributed by atoms with van der Waals surface area (Å²) in [5, 5.41) is 3.29. The molecule has 78 valence electrons. The summed E-state index contributed by atoms with van der Waals surface area (Å²) in [6, 6.07) is 0. The van der Waals surface area contributed by atoms with Gasteiger partial charge < -0.3 is 5.32 Å². The molecule has 14 heavy (non-hydrogen) atoms. The van der Waals surface area contributed by atoms with Crippen molar-refractivity contribution in [2.24, 2.45) is 5.92 Å². The van der Waals surface area contributed by atoms with Crippen molar-refractivity contribution in [3.8, 4) is 0 Å². The lowest BCUT2D eigenvalue weighted by molar-refractivity contribution is 0.634. The highest BCUT2D eigenvalue weighted by Gasteiger charge is 2.05. The van der Waals surface area contributed by atoms with Gasteiger partial charge in [0.15, 0.2) is 0 Å². The first-order valence-electron chi connectivity index (χ1n) is 5.27. The lowest BCUT2D eigenvalue weighted by atomic mass is 10.1. The maximum absolute atomic E-state index is 4.35. The second kappa shape index (κ2) is 5.58. The van der Waals surface area contributed by atoms with Crippen molar-refractivity contribution in [1.29, 1.82) is 0 Å². The Labute approximate surface area is 86.0 Å². The molecule has 1 aromatic rings. The zero-order valence-electron chi connectivity index (χ0n) is 9.25. The number of anilines is 1. The lowest BCUT2D eigenvalue weighted by Gasteiger charge is -2.10. The second-order valence-electron chi connectivity index (χ2n) is 3.88. The fourth-order valence-electron chi connectivity index (χ4n) is 1.29. The summed E-state index contributed by atoms with van der Waals surface area (Å²) in [7, 11) is 0. The van der Waals surface area contributed by atoms with Crippen LogP contribution in [-0.4, -0.2) is 16.5 Å². The number of aromatic nitrogens is 2. The molecule has 0 amide bonds. The Bertz CT molecular complexity index is 271. The van der Waals surface area contributed by atoms with E-state index in [4.69, 9.17) is 0 Å². The van der Waals surface area contributed by atoms with Crippen molar-refractivity contribution in [2.45, 2.75) is 33.6 Å². The zero-order chi connectivity index (χ0) is 10.4. The molecule has 0 saturated carbocycles. The molecule has 0 aliphatic rings. The van der Waals surface area contributed by atoms with Gasteiger partial charge in [0.2, 0.25) is 0 Å². The van der Waals surface area contributed by atoms with E-state index in [1.165, 1.54) is 0 Å². The minimum absolute atomic E-state index is 0.619. The van der Waals surface area contributed by atoms with Crippen LogP contribution >= 0.6 is 0 Å². The number of rotatable bonds is 5. The van der Waals surface area contributed by atoms with Crippen molar-refractivity contribution >= 4 is 5.82 Å². The average Bonchev–Trinajstić information content (AvgIpc) is 2.16. The molecule has 0 atom stereocenters. The molecule has 1 aromatic heterocycles. The third-order valence-corrected chi connectivity index (χ3v) is 1.92. The van der Waals surface area contributed by atoms with Gasteiger partial charge in [-0.1, -0.05) is 20.8 Å². The fraction of sp³-hybridized carbons (Fsp3) is 0.636. The molecule has 3 nitrogen and oxygen atoms in total. The van der Waals surface area contributed by atoms with Crippen LogP contribution in [0.5, 0.6) is 0 Å². The van der Waals surface area contributed by atoms with E-state index < -0.39 is 0 Å². The maximum atomic E-state index is 4.35. The third kappa shape index (κ3) is 3.32. The van der Waals surface area contributed by atoms with Gasteiger partial charge in [-0.05, 0) is 18.8 Å². The summed E-state index contributed by atoms with van der Waals surface area (Å²) in [6.07, 6.45) is 5.59. The van der Waals surface area contributed by atoms with Gasteiger partial charge in [0.25, 0.3) is 0 Å². The van der Waals surface area contributed by atoms with Crippen LogP contribution in [0.25, 0.3) is 0 Å². The normalized spacial score (nSPS) is 10.6. The first kappa shape index (κ1) is 11.0. The SMILES string of the molecule is CCCNc1nccnc1CC(C)C. The van der Waals surface area contributed by atoms with Crippen molar-refractivity contribution in [1.82, 2.24) is 9.97 Å². The van der Waals surface area contributed by atoms with Crippen molar-refractivity contribution < 1.29 is 0 Å². The van der Waals surface area contributed by atoms with Gasteiger partial charge in [-0.2, -0.15) is 0 Å². The number of hydrogen-bond donors (Lipinski definition) is 1. The second-order valence-corrected chi connectivity index (χ2v) is 3.88. The largest absolute Gasteiger partial charge is 0.369 e. The Kier molecular flexibility index (Phi) is 4.36. The van der Waals surface area contributed by atoms with E-state index in [0.29, 0.717) is 5.92 Å². The van der Waals surface area contributed by atoms with Crippen LogP contribution in [0.3, 0.4) is 0 Å². The summed E-state index contributed by atoms with van der Waals surface area (Å²) >= 11 is 0. The Morgan fingerprint density at radius 2 is 2.00 bits per heavy atom. The summed E-state index contributed by atoms with van der Waals surface area (Å²) < 4.78 is 0. The highest BCUT2D eigenvalue weighted by Crippen LogP contribution is 2.12. The number of nitrogens with zero attached hydrogens (tertiary/aromatic N) is 2. The van der Waals surface area contributed by atoms with E-state index in [2.05, 4.69) is 36.1 Å². The van der Waals surface area contributed by atoms with Crippen LogP contribution in [0.4, 0.5) is 5.82 Å². The van der Waals surface area contributed by atoms with Gasteiger partial charge in [-0.25, -0.2) is 4.98 Å². The van der Waals surface area contributed by atoms with E-state index in [1.54, 1.807) is 12.4 Å². The maximum Gasteiger partial charge on any atom is 0.147 e. The predicted octanol–water partition coefficient (Wildman–Crippen LogP) is 2.50. The van der Waals surface area contributed by atoms with Crippen molar-refractivity contribution in [3.63, 3.8) is 0 Å². The highest BCUT2D eigenvalue weighted by molar-refractivity contribution is 5.39. The standard InChI is InChI=1S/C11H19N3/c1-4-5-13-11-10(8-9(2)3)12-6-7-14-11/h6-7,9H,4-5,8H2,1-3H3,(H,13,14). The molecule has 1 heterocycles. The Balaban J connectivity index is 2.69. The molecule has 1 rings (SSSR count). The van der Waals surface area contributed by atoms with Gasteiger partial charge >= 0.3 is 0 Å². The number of hydrogen-bond acceptors (Lipinski definition) is 3. The van der Waals surface area contributed by atoms with Crippen LogP contribution in [0.1, 0.15) is 32.9 Å². The van der Waals surface area contributed by atoms with Gasteiger partial charge in [0.1, 0.15) is 5.82 Å². The van der Waals surface area contributed by atoms with Crippen LogP contribution in [-0.2, 0) is 6.42 Å². The Hall–Kier alpha value is -1.12. The predicted molar refractivity (Wildman–Crippen MR) is 59.4 cm³/mol. The van der Waals surface area contributed by atoms with Crippen LogP contribution in [0.15, 0.2) is 12.4 Å². The third-order valence-electron chi connectivity index (χ3n) is 1.92. The molecule has 0 radical (unpaired) electrons.